The van der Waals surface area contributed by atoms with Crippen molar-refractivity contribution in [1.29, 1.82) is 0 Å². The molecule has 0 aromatic heterocycles. The average molecular weight is 221 g/mol. The number of nitrogens with zero attached hydrogens (tertiary/aromatic N) is 3. The first-order chi connectivity index (χ1) is 7.77. The third-order valence-corrected chi connectivity index (χ3v) is 1.77. The Bertz CT molecular complexity index is 397. The fourth-order valence-corrected chi connectivity index (χ4v) is 1.03. The zero-order valence-corrected chi connectivity index (χ0v) is 8.46. The fraction of sp³-hybridized carbons (Fsp3) is 0.222. The lowest BCUT2D eigenvalue weighted by Gasteiger charge is -2.04. The van der Waals surface area contributed by atoms with Gasteiger partial charge in [-0.15, -0.1) is 0 Å². The van der Waals surface area contributed by atoms with Crippen LogP contribution >= 0.6 is 0 Å². The molecule has 0 fully saturated rings. The number of nitrogen functional groups attached to an aromatic ring is 1. The van der Waals surface area contributed by atoms with Crippen molar-refractivity contribution in [3.05, 3.63) is 40.3 Å². The second-order valence-electron chi connectivity index (χ2n) is 2.80. The van der Waals surface area contributed by atoms with Gasteiger partial charge in [0.1, 0.15) is 5.75 Å². The molecule has 0 heterocycles. The van der Waals surface area contributed by atoms with Crippen LogP contribution in [0, 0.1) is 0 Å². The Kier molecular flexibility index (Phi) is 4.65. The maximum absolute atomic E-state index is 11.1. The molecule has 0 bridgehead atoms. The van der Waals surface area contributed by atoms with Crippen LogP contribution in [0.2, 0.25) is 0 Å². The van der Waals surface area contributed by atoms with Crippen molar-refractivity contribution in [1.82, 2.24) is 5.43 Å². The summed E-state index contributed by atoms with van der Waals surface area (Å²) in [5, 5.41) is 3.32. The van der Waals surface area contributed by atoms with Crippen LogP contribution in [-0.2, 0) is 0 Å². The molecule has 84 valence electrons. The highest BCUT2D eigenvalue weighted by molar-refractivity contribution is 5.93. The lowest BCUT2D eigenvalue weighted by atomic mass is 10.2. The Morgan fingerprint density at radius 2 is 2.19 bits per heavy atom. The highest BCUT2D eigenvalue weighted by Crippen LogP contribution is 2.11. The van der Waals surface area contributed by atoms with Gasteiger partial charge in [-0.2, -0.15) is 0 Å². The average Bonchev–Trinajstić information content (AvgIpc) is 2.34. The van der Waals surface area contributed by atoms with E-state index in [9.17, 15) is 4.79 Å². The van der Waals surface area contributed by atoms with E-state index in [2.05, 4.69) is 10.0 Å². The topological polar surface area (TPSA) is 113 Å². The number of carbonyl (C=O) groups is 1. The maximum Gasteiger partial charge on any atom is 0.265 e. The number of amides is 1. The van der Waals surface area contributed by atoms with E-state index in [1.54, 1.807) is 24.3 Å². The van der Waals surface area contributed by atoms with Crippen LogP contribution in [0.3, 0.4) is 0 Å². The number of hydrogen-bond donors (Lipinski definition) is 2. The molecule has 0 aliphatic heterocycles. The van der Waals surface area contributed by atoms with Crippen LogP contribution in [0.15, 0.2) is 29.4 Å². The first kappa shape index (κ1) is 11.8. The summed E-state index contributed by atoms with van der Waals surface area (Å²) in [6.45, 7) is 0.564. The third-order valence-electron chi connectivity index (χ3n) is 1.77. The van der Waals surface area contributed by atoms with E-state index in [4.69, 9.17) is 16.1 Å². The Morgan fingerprint density at radius 1 is 1.50 bits per heavy atom. The summed E-state index contributed by atoms with van der Waals surface area (Å²) in [5.41, 5.74) is 10.5. The van der Waals surface area contributed by atoms with Crippen molar-refractivity contribution in [2.45, 2.75) is 0 Å². The molecule has 1 aromatic rings. The van der Waals surface area contributed by atoms with Crippen molar-refractivity contribution in [2.24, 2.45) is 11.0 Å². The smallest absolute Gasteiger partial charge is 0.265 e. The fourth-order valence-electron chi connectivity index (χ4n) is 1.03. The van der Waals surface area contributed by atoms with E-state index in [0.717, 1.165) is 0 Å². The van der Waals surface area contributed by atoms with Gasteiger partial charge in [-0.1, -0.05) is 5.11 Å². The second-order valence-corrected chi connectivity index (χ2v) is 2.80. The number of carbonyl (C=O) groups excluding carboxylic acids is 1. The minimum absolute atomic E-state index is 0.265. The van der Waals surface area contributed by atoms with Crippen molar-refractivity contribution in [2.75, 3.05) is 13.2 Å². The lowest BCUT2D eigenvalue weighted by Crippen LogP contribution is -2.29. The molecule has 0 aliphatic rings. The number of hydrazine groups is 1. The molecule has 0 saturated carbocycles. The van der Waals surface area contributed by atoms with E-state index in [-0.39, 0.29) is 12.5 Å². The van der Waals surface area contributed by atoms with Crippen LogP contribution in [0.4, 0.5) is 0 Å². The monoisotopic (exact) mass is 221 g/mol. The van der Waals surface area contributed by atoms with Gasteiger partial charge < -0.3 is 4.74 Å². The number of nitrogens with one attached hydrogen (secondary N) is 1. The largest absolute Gasteiger partial charge is 0.493 e. The van der Waals surface area contributed by atoms with Gasteiger partial charge in [0.15, 0.2) is 0 Å². The summed E-state index contributed by atoms with van der Waals surface area (Å²) in [6, 6.07) is 6.46. The van der Waals surface area contributed by atoms with Crippen LogP contribution in [0.25, 0.3) is 10.4 Å². The molecule has 0 unspecified atom stereocenters. The molecule has 16 heavy (non-hydrogen) atoms. The van der Waals surface area contributed by atoms with Crippen LogP contribution < -0.4 is 16.0 Å². The molecule has 3 N–H and O–H groups in total. The normalized spacial score (nSPS) is 9.06. The van der Waals surface area contributed by atoms with Gasteiger partial charge in [0.05, 0.1) is 13.2 Å². The molecule has 0 atom stereocenters. The SMILES string of the molecule is [N-]=[N+]=NCCOc1ccc(C(=O)NN)cc1. The van der Waals surface area contributed by atoms with Crippen LogP contribution in [0.5, 0.6) is 5.75 Å². The molecule has 0 spiro atoms. The Hall–Kier alpha value is -2.24. The van der Waals surface area contributed by atoms with Gasteiger partial charge in [0, 0.05) is 10.5 Å². The van der Waals surface area contributed by atoms with E-state index in [0.29, 0.717) is 17.9 Å². The summed E-state index contributed by atoms with van der Waals surface area (Å²) in [5.74, 6) is 5.22. The van der Waals surface area contributed by atoms with Gasteiger partial charge in [0.2, 0.25) is 0 Å². The standard InChI is InChI=1S/C9H11N5O2/c10-13-9(15)7-1-3-8(4-2-7)16-6-5-12-14-11/h1-4H,5-6,10H2,(H,13,15). The zero-order chi connectivity index (χ0) is 11.8. The molecular weight excluding hydrogens is 210 g/mol. The molecule has 7 heteroatoms. The minimum Gasteiger partial charge on any atom is -0.493 e. The third kappa shape index (κ3) is 3.49. The summed E-state index contributed by atoms with van der Waals surface area (Å²) >= 11 is 0. The summed E-state index contributed by atoms with van der Waals surface area (Å²) in [7, 11) is 0. The quantitative estimate of drug-likeness (QED) is 0.147. The van der Waals surface area contributed by atoms with E-state index >= 15 is 0 Å². The summed E-state index contributed by atoms with van der Waals surface area (Å²) < 4.78 is 5.25. The minimum atomic E-state index is -0.361. The van der Waals surface area contributed by atoms with Crippen LogP contribution in [0.1, 0.15) is 10.4 Å². The van der Waals surface area contributed by atoms with Gasteiger partial charge >= 0.3 is 0 Å². The predicted molar refractivity (Wildman–Crippen MR) is 57.6 cm³/mol. The maximum atomic E-state index is 11.1. The molecule has 0 radical (unpaired) electrons. The van der Waals surface area contributed by atoms with Crippen LogP contribution in [-0.4, -0.2) is 19.1 Å². The van der Waals surface area contributed by atoms with Crippen molar-refractivity contribution < 1.29 is 9.53 Å². The molecule has 7 nitrogen and oxygen atoms in total. The van der Waals surface area contributed by atoms with Crippen molar-refractivity contribution >= 4 is 5.91 Å². The Balaban J connectivity index is 2.51. The van der Waals surface area contributed by atoms with Gasteiger partial charge in [-0.25, -0.2) is 5.84 Å². The number of nitrogens with two attached hydrogens (primary N) is 1. The number of azide groups is 1. The molecule has 0 aliphatic carbocycles. The first-order valence-electron chi connectivity index (χ1n) is 4.52. The Morgan fingerprint density at radius 3 is 2.75 bits per heavy atom. The summed E-state index contributed by atoms with van der Waals surface area (Å²) in [4.78, 5) is 13.7. The van der Waals surface area contributed by atoms with Crippen molar-refractivity contribution in [3.8, 4) is 5.75 Å². The zero-order valence-electron chi connectivity index (χ0n) is 8.46. The van der Waals surface area contributed by atoms with Crippen molar-refractivity contribution in [3.63, 3.8) is 0 Å². The van der Waals surface area contributed by atoms with Gasteiger partial charge in [-0.3, -0.25) is 10.2 Å². The molecular formula is C9H11N5O2. The van der Waals surface area contributed by atoms with Gasteiger partial charge in [0.25, 0.3) is 5.91 Å². The number of benzene rings is 1. The lowest BCUT2D eigenvalue weighted by molar-refractivity contribution is 0.0953. The number of hydrogen-bond acceptors (Lipinski definition) is 4. The van der Waals surface area contributed by atoms with E-state index in [1.807, 2.05) is 5.43 Å². The van der Waals surface area contributed by atoms with E-state index < -0.39 is 0 Å². The molecule has 1 amide bonds. The molecule has 1 aromatic carbocycles. The molecule has 1 rings (SSSR count). The Labute approximate surface area is 91.8 Å². The number of ether oxygens (including phenoxy) is 1. The molecule has 0 saturated heterocycles. The highest BCUT2D eigenvalue weighted by atomic mass is 16.5. The first-order valence-corrected chi connectivity index (χ1v) is 4.52. The van der Waals surface area contributed by atoms with E-state index in [1.165, 1.54) is 0 Å². The second kappa shape index (κ2) is 6.28. The summed E-state index contributed by atoms with van der Waals surface area (Å²) in [6.07, 6.45) is 0. The number of rotatable bonds is 5. The van der Waals surface area contributed by atoms with Gasteiger partial charge in [-0.05, 0) is 29.8 Å². The predicted octanol–water partition coefficient (Wildman–Crippen LogP) is 0.979. The highest BCUT2D eigenvalue weighted by Gasteiger charge is 2.02.